The highest BCUT2D eigenvalue weighted by molar-refractivity contribution is 5.80. The molecule has 1 aliphatic rings. The minimum absolute atomic E-state index is 0.289. The third-order valence-electron chi connectivity index (χ3n) is 3.72. The molecule has 1 rings (SSSR count). The van der Waals surface area contributed by atoms with Gasteiger partial charge in [0.05, 0.1) is 6.61 Å². The predicted octanol–water partition coefficient (Wildman–Crippen LogP) is 1.70. The molecule has 0 atom stereocenters. The van der Waals surface area contributed by atoms with Crippen LogP contribution >= 0.6 is 0 Å². The maximum absolute atomic E-state index is 11.9. The van der Waals surface area contributed by atoms with Crippen molar-refractivity contribution >= 4 is 12.0 Å². The van der Waals surface area contributed by atoms with Crippen molar-refractivity contribution in [1.82, 2.24) is 10.2 Å². The topological polar surface area (TPSA) is 78.9 Å². The molecule has 0 saturated heterocycles. The largest absolute Gasteiger partial charge is 0.480 e. The van der Waals surface area contributed by atoms with Crippen molar-refractivity contribution in [1.29, 1.82) is 0 Å². The number of carbonyl (C=O) groups is 2. The van der Waals surface area contributed by atoms with Gasteiger partial charge in [0.25, 0.3) is 0 Å². The molecule has 2 N–H and O–H groups in total. The molecule has 0 aromatic rings. The molecule has 1 saturated carbocycles. The van der Waals surface area contributed by atoms with Gasteiger partial charge in [-0.05, 0) is 18.8 Å². The van der Waals surface area contributed by atoms with Crippen molar-refractivity contribution in [3.63, 3.8) is 0 Å². The van der Waals surface area contributed by atoms with Gasteiger partial charge < -0.3 is 20.1 Å². The fraction of sp³-hybridized carbons (Fsp3) is 0.857. The second kappa shape index (κ2) is 9.58. The van der Waals surface area contributed by atoms with Crippen LogP contribution in [-0.4, -0.2) is 55.4 Å². The number of rotatable bonds is 9. The monoisotopic (exact) mass is 286 g/mol. The summed E-state index contributed by atoms with van der Waals surface area (Å²) in [5.74, 6) is -0.197. The molecule has 2 amide bonds. The average molecular weight is 286 g/mol. The zero-order chi connectivity index (χ0) is 14.8. The van der Waals surface area contributed by atoms with Crippen LogP contribution in [0, 0.1) is 5.92 Å². The Balaban J connectivity index is 2.20. The summed E-state index contributed by atoms with van der Waals surface area (Å²) in [7, 11) is 1.53. The first-order valence-electron chi connectivity index (χ1n) is 7.37. The van der Waals surface area contributed by atoms with Gasteiger partial charge in [-0.3, -0.25) is 4.79 Å². The molecule has 20 heavy (non-hydrogen) atoms. The number of amides is 2. The van der Waals surface area contributed by atoms with Crippen LogP contribution in [-0.2, 0) is 9.53 Å². The smallest absolute Gasteiger partial charge is 0.323 e. The Hall–Kier alpha value is -1.30. The Kier molecular flexibility index (Phi) is 8.02. The van der Waals surface area contributed by atoms with Gasteiger partial charge >= 0.3 is 12.0 Å². The molecule has 0 aliphatic heterocycles. The number of hydrogen-bond acceptors (Lipinski definition) is 3. The average Bonchev–Trinajstić information content (AvgIpc) is 2.92. The molecule has 6 heteroatoms. The standard InChI is InChI=1S/C14H26N2O4/c1-20-10-9-16(11-13(17)18)14(19)15-8-4-7-12-5-2-3-6-12/h12H,2-11H2,1H3,(H,15,19)(H,17,18). The van der Waals surface area contributed by atoms with Crippen LogP contribution < -0.4 is 5.32 Å². The number of nitrogens with one attached hydrogen (secondary N) is 1. The molecule has 0 spiro atoms. The minimum Gasteiger partial charge on any atom is -0.480 e. The van der Waals surface area contributed by atoms with E-state index >= 15 is 0 Å². The molecule has 1 fully saturated rings. The molecule has 0 aromatic heterocycles. The summed E-state index contributed by atoms with van der Waals surface area (Å²) >= 11 is 0. The van der Waals surface area contributed by atoms with E-state index in [2.05, 4.69) is 5.32 Å². The summed E-state index contributed by atoms with van der Waals surface area (Å²) in [4.78, 5) is 23.9. The van der Waals surface area contributed by atoms with Crippen LogP contribution in [0.3, 0.4) is 0 Å². The number of urea groups is 1. The normalized spacial score (nSPS) is 15.2. The van der Waals surface area contributed by atoms with E-state index in [-0.39, 0.29) is 19.1 Å². The second-order valence-electron chi connectivity index (χ2n) is 5.33. The molecule has 0 radical (unpaired) electrons. The van der Waals surface area contributed by atoms with Crippen LogP contribution in [0.2, 0.25) is 0 Å². The highest BCUT2D eigenvalue weighted by Gasteiger charge is 2.17. The van der Waals surface area contributed by atoms with E-state index in [0.29, 0.717) is 13.2 Å². The predicted molar refractivity (Wildman–Crippen MR) is 75.7 cm³/mol. The summed E-state index contributed by atoms with van der Waals surface area (Å²) in [5, 5.41) is 11.6. The van der Waals surface area contributed by atoms with Crippen molar-refractivity contribution in [2.24, 2.45) is 5.92 Å². The zero-order valence-electron chi connectivity index (χ0n) is 12.3. The van der Waals surface area contributed by atoms with E-state index in [1.54, 1.807) is 0 Å². The van der Waals surface area contributed by atoms with Crippen molar-refractivity contribution < 1.29 is 19.4 Å². The molecule has 0 heterocycles. The fourth-order valence-corrected chi connectivity index (χ4v) is 2.61. The molecule has 0 unspecified atom stereocenters. The van der Waals surface area contributed by atoms with E-state index in [0.717, 1.165) is 18.8 Å². The maximum atomic E-state index is 11.9. The van der Waals surface area contributed by atoms with Crippen LogP contribution in [0.1, 0.15) is 38.5 Å². The first-order chi connectivity index (χ1) is 9.63. The summed E-state index contributed by atoms with van der Waals surface area (Å²) in [6.45, 7) is 0.941. The number of nitrogens with zero attached hydrogens (tertiary/aromatic N) is 1. The number of carboxylic acid groups (broad SMARTS) is 1. The third kappa shape index (κ3) is 6.75. The molecule has 0 aromatic carbocycles. The Labute approximate surface area is 120 Å². The van der Waals surface area contributed by atoms with E-state index < -0.39 is 5.97 Å². The van der Waals surface area contributed by atoms with Gasteiger partial charge in [0, 0.05) is 20.2 Å². The molecule has 116 valence electrons. The quantitative estimate of drug-likeness (QED) is 0.632. The third-order valence-corrected chi connectivity index (χ3v) is 3.72. The highest BCUT2D eigenvalue weighted by Crippen LogP contribution is 2.28. The van der Waals surface area contributed by atoms with Gasteiger partial charge in [0.2, 0.25) is 0 Å². The number of hydrogen-bond donors (Lipinski definition) is 2. The van der Waals surface area contributed by atoms with E-state index in [1.165, 1.54) is 37.7 Å². The second-order valence-corrected chi connectivity index (χ2v) is 5.33. The molecular formula is C14H26N2O4. The SMILES string of the molecule is COCCN(CC(=O)O)C(=O)NCCCC1CCCC1. The van der Waals surface area contributed by atoms with E-state index in [1.807, 2.05) is 0 Å². The van der Waals surface area contributed by atoms with Gasteiger partial charge in [-0.2, -0.15) is 0 Å². The van der Waals surface area contributed by atoms with Crippen LogP contribution in [0.25, 0.3) is 0 Å². The maximum Gasteiger partial charge on any atom is 0.323 e. The number of aliphatic carboxylic acids is 1. The lowest BCUT2D eigenvalue weighted by Crippen LogP contribution is -2.44. The Morgan fingerprint density at radius 1 is 1.35 bits per heavy atom. The first-order valence-corrected chi connectivity index (χ1v) is 7.37. The fourth-order valence-electron chi connectivity index (χ4n) is 2.61. The number of carboxylic acids is 1. The highest BCUT2D eigenvalue weighted by atomic mass is 16.5. The van der Waals surface area contributed by atoms with Gasteiger partial charge in [-0.1, -0.05) is 25.7 Å². The summed E-state index contributed by atoms with van der Waals surface area (Å²) < 4.78 is 4.88. The lowest BCUT2D eigenvalue weighted by atomic mass is 10.0. The van der Waals surface area contributed by atoms with Gasteiger partial charge in [0.15, 0.2) is 0 Å². The Morgan fingerprint density at radius 2 is 2.05 bits per heavy atom. The van der Waals surface area contributed by atoms with Crippen LogP contribution in [0.15, 0.2) is 0 Å². The zero-order valence-corrected chi connectivity index (χ0v) is 12.3. The van der Waals surface area contributed by atoms with Crippen LogP contribution in [0.4, 0.5) is 4.79 Å². The van der Waals surface area contributed by atoms with Crippen molar-refractivity contribution in [2.75, 3.05) is 33.4 Å². The lowest BCUT2D eigenvalue weighted by molar-refractivity contribution is -0.137. The summed E-state index contributed by atoms with van der Waals surface area (Å²) in [5.41, 5.74) is 0. The Bertz CT molecular complexity index is 304. The molecule has 0 bridgehead atoms. The van der Waals surface area contributed by atoms with E-state index in [4.69, 9.17) is 9.84 Å². The van der Waals surface area contributed by atoms with Crippen LogP contribution in [0.5, 0.6) is 0 Å². The van der Waals surface area contributed by atoms with E-state index in [9.17, 15) is 9.59 Å². The molecular weight excluding hydrogens is 260 g/mol. The van der Waals surface area contributed by atoms with Crippen molar-refractivity contribution in [3.05, 3.63) is 0 Å². The number of methoxy groups -OCH3 is 1. The lowest BCUT2D eigenvalue weighted by Gasteiger charge is -2.21. The number of carbonyl (C=O) groups excluding carboxylic acids is 1. The summed E-state index contributed by atoms with van der Waals surface area (Å²) in [6.07, 6.45) is 7.40. The molecule has 1 aliphatic carbocycles. The molecule has 6 nitrogen and oxygen atoms in total. The van der Waals surface area contributed by atoms with Gasteiger partial charge in [0.1, 0.15) is 6.54 Å². The number of ether oxygens (including phenoxy) is 1. The van der Waals surface area contributed by atoms with Gasteiger partial charge in [-0.15, -0.1) is 0 Å². The van der Waals surface area contributed by atoms with Gasteiger partial charge in [-0.25, -0.2) is 4.79 Å². The first kappa shape index (κ1) is 16.8. The summed E-state index contributed by atoms with van der Waals surface area (Å²) in [6, 6.07) is -0.323. The van der Waals surface area contributed by atoms with Crippen molar-refractivity contribution in [3.8, 4) is 0 Å². The minimum atomic E-state index is -1.01. The Morgan fingerprint density at radius 3 is 2.65 bits per heavy atom. The van der Waals surface area contributed by atoms with Crippen molar-refractivity contribution in [2.45, 2.75) is 38.5 Å².